The van der Waals surface area contributed by atoms with Gasteiger partial charge in [-0.25, -0.2) is 4.98 Å². The van der Waals surface area contributed by atoms with Crippen LogP contribution in [0, 0.1) is 0 Å². The highest BCUT2D eigenvalue weighted by atomic mass is 79.9. The van der Waals surface area contributed by atoms with E-state index in [-0.39, 0.29) is 10.4 Å². The summed E-state index contributed by atoms with van der Waals surface area (Å²) in [5, 5.41) is 0.446. The number of anilines is 1. The Labute approximate surface area is 133 Å². The maximum Gasteiger partial charge on any atom is 0.417 e. The highest BCUT2D eigenvalue weighted by molar-refractivity contribution is 9.10. The number of aromatic nitrogens is 1. The number of hydrogen-bond acceptors (Lipinski definition) is 3. The molecule has 0 atom stereocenters. The van der Waals surface area contributed by atoms with Gasteiger partial charge in [0.05, 0.1) is 11.3 Å². The number of benzene rings is 1. The largest absolute Gasteiger partial charge is 0.417 e. The number of halogens is 4. The first-order valence-electron chi connectivity index (χ1n) is 6.29. The molecule has 1 heterocycles. The molecule has 0 aliphatic rings. The van der Waals surface area contributed by atoms with Crippen LogP contribution in [0.2, 0.25) is 0 Å². The SMILES string of the molecule is CC(C)c1nc(N)sc1Cc1ccc(Br)c(C(F)(F)F)c1. The third kappa shape index (κ3) is 3.77. The van der Waals surface area contributed by atoms with Gasteiger partial charge >= 0.3 is 6.18 Å². The molecule has 0 fully saturated rings. The number of hydrogen-bond donors (Lipinski definition) is 1. The van der Waals surface area contributed by atoms with Crippen LogP contribution in [0.1, 0.15) is 41.5 Å². The third-order valence-corrected chi connectivity index (χ3v) is 4.58. The van der Waals surface area contributed by atoms with Crippen molar-refractivity contribution < 1.29 is 13.2 Å². The van der Waals surface area contributed by atoms with E-state index in [0.29, 0.717) is 17.1 Å². The van der Waals surface area contributed by atoms with Gasteiger partial charge in [-0.2, -0.15) is 13.2 Å². The van der Waals surface area contributed by atoms with E-state index in [1.54, 1.807) is 6.07 Å². The zero-order valence-electron chi connectivity index (χ0n) is 11.5. The van der Waals surface area contributed by atoms with Gasteiger partial charge in [-0.15, -0.1) is 11.3 Å². The minimum absolute atomic E-state index is 0.0478. The lowest BCUT2D eigenvalue weighted by molar-refractivity contribution is -0.138. The van der Waals surface area contributed by atoms with Gasteiger partial charge in [0.25, 0.3) is 0 Å². The van der Waals surface area contributed by atoms with Crippen molar-refractivity contribution in [3.63, 3.8) is 0 Å². The average Bonchev–Trinajstić information content (AvgIpc) is 2.71. The smallest absolute Gasteiger partial charge is 0.375 e. The maximum absolute atomic E-state index is 12.9. The van der Waals surface area contributed by atoms with E-state index in [1.807, 2.05) is 13.8 Å². The average molecular weight is 379 g/mol. The summed E-state index contributed by atoms with van der Waals surface area (Å²) in [5.41, 5.74) is 6.50. The second kappa shape index (κ2) is 5.96. The Morgan fingerprint density at radius 1 is 1.33 bits per heavy atom. The van der Waals surface area contributed by atoms with Gasteiger partial charge in [-0.1, -0.05) is 35.8 Å². The monoisotopic (exact) mass is 378 g/mol. The molecule has 0 aliphatic heterocycles. The van der Waals surface area contributed by atoms with Crippen molar-refractivity contribution in [2.75, 3.05) is 5.73 Å². The zero-order valence-corrected chi connectivity index (χ0v) is 13.9. The molecule has 0 amide bonds. The van der Waals surface area contributed by atoms with E-state index in [2.05, 4.69) is 20.9 Å². The number of nitrogens with two attached hydrogens (primary N) is 1. The van der Waals surface area contributed by atoms with Crippen molar-refractivity contribution in [2.24, 2.45) is 0 Å². The van der Waals surface area contributed by atoms with Crippen LogP contribution in [-0.2, 0) is 12.6 Å². The molecule has 1 aromatic carbocycles. The van der Waals surface area contributed by atoms with Crippen molar-refractivity contribution in [1.29, 1.82) is 0 Å². The highest BCUT2D eigenvalue weighted by Crippen LogP contribution is 2.36. The summed E-state index contributed by atoms with van der Waals surface area (Å²) < 4.78 is 38.8. The van der Waals surface area contributed by atoms with Gasteiger partial charge in [0.1, 0.15) is 0 Å². The Morgan fingerprint density at radius 3 is 2.57 bits per heavy atom. The molecule has 2 aromatic rings. The lowest BCUT2D eigenvalue weighted by Crippen LogP contribution is -2.07. The van der Waals surface area contributed by atoms with Crippen molar-refractivity contribution >= 4 is 32.4 Å². The molecule has 2 N–H and O–H groups in total. The standard InChI is InChI=1S/C14H14BrF3N2S/c1-7(2)12-11(21-13(19)20-12)6-8-3-4-10(15)9(5-8)14(16,17)18/h3-5,7H,6H2,1-2H3,(H2,19,20). The van der Waals surface area contributed by atoms with Crippen LogP contribution in [-0.4, -0.2) is 4.98 Å². The molecule has 7 heteroatoms. The highest BCUT2D eigenvalue weighted by Gasteiger charge is 2.33. The van der Waals surface area contributed by atoms with Crippen molar-refractivity contribution in [2.45, 2.75) is 32.4 Å². The molecule has 0 unspecified atom stereocenters. The molecule has 2 rings (SSSR count). The van der Waals surface area contributed by atoms with E-state index in [9.17, 15) is 13.2 Å². The normalized spacial score (nSPS) is 12.1. The van der Waals surface area contributed by atoms with E-state index >= 15 is 0 Å². The summed E-state index contributed by atoms with van der Waals surface area (Å²) in [6.07, 6.45) is -3.97. The topological polar surface area (TPSA) is 38.9 Å². The molecule has 0 radical (unpaired) electrons. The van der Waals surface area contributed by atoms with E-state index in [4.69, 9.17) is 5.73 Å². The summed E-state index contributed by atoms with van der Waals surface area (Å²) in [7, 11) is 0. The van der Waals surface area contributed by atoms with Gasteiger partial charge in [0.15, 0.2) is 5.13 Å². The van der Waals surface area contributed by atoms with Crippen molar-refractivity contribution in [3.8, 4) is 0 Å². The molecule has 114 valence electrons. The minimum Gasteiger partial charge on any atom is -0.375 e. The Balaban J connectivity index is 2.37. The van der Waals surface area contributed by atoms with Gasteiger partial charge in [0.2, 0.25) is 0 Å². The second-order valence-corrected chi connectivity index (χ2v) is 6.97. The molecular formula is C14H14BrF3N2S. The fourth-order valence-corrected chi connectivity index (χ4v) is 3.54. The van der Waals surface area contributed by atoms with E-state index in [1.165, 1.54) is 23.5 Å². The zero-order chi connectivity index (χ0) is 15.8. The first kappa shape index (κ1) is 16.3. The van der Waals surface area contributed by atoms with Crippen LogP contribution >= 0.6 is 27.3 Å². The quantitative estimate of drug-likeness (QED) is 0.794. The summed E-state index contributed by atoms with van der Waals surface area (Å²) in [4.78, 5) is 5.17. The molecule has 0 saturated carbocycles. The summed E-state index contributed by atoms with van der Waals surface area (Å²) >= 11 is 4.27. The first-order valence-corrected chi connectivity index (χ1v) is 7.90. The number of nitrogens with zero attached hydrogens (tertiary/aromatic N) is 1. The Morgan fingerprint density at radius 2 is 2.00 bits per heavy atom. The predicted octanol–water partition coefficient (Wildman–Crippen LogP) is 5.22. The number of alkyl halides is 3. The van der Waals surface area contributed by atoms with Crippen LogP contribution < -0.4 is 5.73 Å². The van der Waals surface area contributed by atoms with Crippen LogP contribution in [0.15, 0.2) is 22.7 Å². The maximum atomic E-state index is 12.9. The molecular weight excluding hydrogens is 365 g/mol. The molecule has 0 spiro atoms. The van der Waals surface area contributed by atoms with Gasteiger partial charge in [-0.3, -0.25) is 0 Å². The second-order valence-electron chi connectivity index (χ2n) is 5.00. The Bertz CT molecular complexity index is 650. The summed E-state index contributed by atoms with van der Waals surface area (Å²) in [6, 6.07) is 4.28. The van der Waals surface area contributed by atoms with Gasteiger partial charge < -0.3 is 5.73 Å². The molecule has 1 aromatic heterocycles. The van der Waals surface area contributed by atoms with Crippen LogP contribution in [0.25, 0.3) is 0 Å². The Kier molecular flexibility index (Phi) is 4.63. The molecule has 2 nitrogen and oxygen atoms in total. The van der Waals surface area contributed by atoms with E-state index < -0.39 is 11.7 Å². The lowest BCUT2D eigenvalue weighted by Gasteiger charge is -2.11. The van der Waals surface area contributed by atoms with Crippen LogP contribution in [0.3, 0.4) is 0 Å². The van der Waals surface area contributed by atoms with Crippen LogP contribution in [0.4, 0.5) is 18.3 Å². The summed E-state index contributed by atoms with van der Waals surface area (Å²) in [6.45, 7) is 3.97. The van der Waals surface area contributed by atoms with Crippen molar-refractivity contribution in [3.05, 3.63) is 44.4 Å². The lowest BCUT2D eigenvalue weighted by atomic mass is 10.0. The molecule has 0 bridgehead atoms. The van der Waals surface area contributed by atoms with Gasteiger partial charge in [0, 0.05) is 15.8 Å². The summed E-state index contributed by atoms with van der Waals surface area (Å²) in [5.74, 6) is 0.186. The molecule has 21 heavy (non-hydrogen) atoms. The number of thiazole rings is 1. The number of rotatable bonds is 3. The molecule has 0 saturated heterocycles. The predicted molar refractivity (Wildman–Crippen MR) is 82.6 cm³/mol. The minimum atomic E-state index is -4.37. The molecule has 0 aliphatic carbocycles. The van der Waals surface area contributed by atoms with Gasteiger partial charge in [-0.05, 0) is 23.6 Å². The Hall–Kier alpha value is -1.08. The third-order valence-electron chi connectivity index (χ3n) is 2.99. The fourth-order valence-electron chi connectivity index (χ4n) is 2.05. The van der Waals surface area contributed by atoms with Crippen molar-refractivity contribution in [1.82, 2.24) is 4.98 Å². The van der Waals surface area contributed by atoms with Crippen LogP contribution in [0.5, 0.6) is 0 Å². The number of nitrogen functional groups attached to an aromatic ring is 1. The first-order chi connectivity index (χ1) is 9.68. The fraction of sp³-hybridized carbons (Fsp3) is 0.357. The van der Waals surface area contributed by atoms with E-state index in [0.717, 1.165) is 10.6 Å².